The summed E-state index contributed by atoms with van der Waals surface area (Å²) in [5.74, 6) is -2.22. The molecule has 1 aliphatic rings. The zero-order valence-electron chi connectivity index (χ0n) is 18.9. The third-order valence-corrected chi connectivity index (χ3v) is 5.61. The molecule has 0 saturated carbocycles. The number of nitrogens with one attached hydrogen (secondary N) is 1. The molecule has 1 N–H and O–H groups in total. The minimum absolute atomic E-state index is 0.0628. The highest BCUT2D eigenvalue weighted by atomic mass is 16.5. The van der Waals surface area contributed by atoms with Gasteiger partial charge in [-0.3, -0.25) is 19.3 Å². The van der Waals surface area contributed by atoms with Crippen LogP contribution in [-0.2, 0) is 16.0 Å². The van der Waals surface area contributed by atoms with Crippen LogP contribution in [0.3, 0.4) is 0 Å². The van der Waals surface area contributed by atoms with E-state index in [4.69, 9.17) is 10.00 Å². The molecule has 0 unspecified atom stereocenters. The normalized spacial score (nSPS) is 13.1. The third-order valence-electron chi connectivity index (χ3n) is 5.61. The van der Waals surface area contributed by atoms with Crippen molar-refractivity contribution in [2.24, 2.45) is 0 Å². The molecule has 3 aromatic rings. The van der Waals surface area contributed by atoms with Crippen molar-refractivity contribution in [2.45, 2.75) is 19.4 Å². The number of esters is 1. The summed E-state index contributed by atoms with van der Waals surface area (Å²) in [6.07, 6.45) is -0.598. The average Bonchev–Trinajstić information content (AvgIpc) is 3.12. The Morgan fingerprint density at radius 1 is 0.971 bits per heavy atom. The fourth-order valence-electron chi connectivity index (χ4n) is 3.66. The number of fused-ring (bicyclic) bond motifs is 1. The second-order valence-electron chi connectivity index (χ2n) is 7.98. The molecular formula is C27H21N3O5. The first-order valence-corrected chi connectivity index (χ1v) is 10.9. The Balaban J connectivity index is 1.40. The predicted octanol–water partition coefficient (Wildman–Crippen LogP) is 3.58. The molecule has 0 aromatic heterocycles. The maximum absolute atomic E-state index is 12.9. The van der Waals surface area contributed by atoms with Gasteiger partial charge in [-0.2, -0.15) is 5.26 Å². The van der Waals surface area contributed by atoms with Crippen LogP contribution in [0.5, 0.6) is 0 Å². The molecule has 8 nitrogen and oxygen atoms in total. The van der Waals surface area contributed by atoms with Gasteiger partial charge in [-0.1, -0.05) is 30.3 Å². The van der Waals surface area contributed by atoms with Gasteiger partial charge in [0.1, 0.15) is 0 Å². The lowest BCUT2D eigenvalue weighted by Crippen LogP contribution is -2.31. The molecule has 8 heteroatoms. The molecule has 3 amide bonds. The Labute approximate surface area is 201 Å². The first kappa shape index (κ1) is 23.4. The van der Waals surface area contributed by atoms with E-state index in [1.54, 1.807) is 24.3 Å². The minimum Gasteiger partial charge on any atom is -0.449 e. The number of ether oxygens (including phenoxy) is 1. The molecule has 3 aromatic carbocycles. The van der Waals surface area contributed by atoms with E-state index in [0.29, 0.717) is 17.7 Å². The number of carbonyl (C=O) groups excluding carboxylic acids is 4. The SMILES string of the molecule is C[C@H](OC(=O)c1ccc2c(c1)C(=O)N(CCc1ccccc1)C2=O)C(=O)Nc1ccc(C#N)cc1. The molecule has 35 heavy (non-hydrogen) atoms. The molecule has 174 valence electrons. The highest BCUT2D eigenvalue weighted by Gasteiger charge is 2.36. The smallest absolute Gasteiger partial charge is 0.338 e. The lowest BCUT2D eigenvalue weighted by molar-refractivity contribution is -0.123. The highest BCUT2D eigenvalue weighted by Crippen LogP contribution is 2.25. The summed E-state index contributed by atoms with van der Waals surface area (Å²) >= 11 is 0. The van der Waals surface area contributed by atoms with Gasteiger partial charge in [-0.05, 0) is 61.4 Å². The zero-order valence-corrected chi connectivity index (χ0v) is 18.9. The number of imide groups is 1. The van der Waals surface area contributed by atoms with Crippen molar-refractivity contribution >= 4 is 29.4 Å². The number of benzene rings is 3. The van der Waals surface area contributed by atoms with Crippen molar-refractivity contribution in [3.8, 4) is 6.07 Å². The van der Waals surface area contributed by atoms with E-state index in [9.17, 15) is 19.2 Å². The molecule has 0 spiro atoms. The number of nitriles is 1. The van der Waals surface area contributed by atoms with Crippen molar-refractivity contribution in [3.63, 3.8) is 0 Å². The van der Waals surface area contributed by atoms with E-state index in [0.717, 1.165) is 5.56 Å². The summed E-state index contributed by atoms with van der Waals surface area (Å²) in [6.45, 7) is 1.65. The second-order valence-corrected chi connectivity index (χ2v) is 7.98. The van der Waals surface area contributed by atoms with E-state index in [1.165, 1.54) is 30.0 Å². The highest BCUT2D eigenvalue weighted by molar-refractivity contribution is 6.22. The van der Waals surface area contributed by atoms with Gasteiger partial charge in [0.05, 0.1) is 28.3 Å². The molecule has 1 aliphatic heterocycles. The van der Waals surface area contributed by atoms with E-state index in [2.05, 4.69) is 5.32 Å². The lowest BCUT2D eigenvalue weighted by Gasteiger charge is -2.14. The molecular weight excluding hydrogens is 446 g/mol. The molecule has 1 heterocycles. The topological polar surface area (TPSA) is 117 Å². The summed E-state index contributed by atoms with van der Waals surface area (Å²) in [5, 5.41) is 11.5. The van der Waals surface area contributed by atoms with Crippen molar-refractivity contribution < 1.29 is 23.9 Å². The quantitative estimate of drug-likeness (QED) is 0.419. The van der Waals surface area contributed by atoms with E-state index in [1.807, 2.05) is 36.4 Å². The summed E-state index contributed by atoms with van der Waals surface area (Å²) in [7, 11) is 0. The van der Waals surface area contributed by atoms with Gasteiger partial charge in [-0.15, -0.1) is 0 Å². The maximum atomic E-state index is 12.9. The first-order chi connectivity index (χ1) is 16.9. The molecule has 0 bridgehead atoms. The number of carbonyl (C=O) groups is 4. The molecule has 4 rings (SSSR count). The van der Waals surface area contributed by atoms with Crippen molar-refractivity contribution in [1.29, 1.82) is 5.26 Å². The van der Waals surface area contributed by atoms with Crippen LogP contribution in [0.15, 0.2) is 72.8 Å². The summed E-state index contributed by atoms with van der Waals surface area (Å²) in [5.41, 5.74) is 2.33. The molecule has 1 atom stereocenters. The largest absolute Gasteiger partial charge is 0.449 e. The lowest BCUT2D eigenvalue weighted by atomic mass is 10.1. The van der Waals surface area contributed by atoms with E-state index in [-0.39, 0.29) is 23.2 Å². The van der Waals surface area contributed by atoms with Crippen molar-refractivity contribution in [1.82, 2.24) is 4.90 Å². The number of hydrogen-bond donors (Lipinski definition) is 1. The summed E-state index contributed by atoms with van der Waals surface area (Å²) in [4.78, 5) is 51.7. The zero-order chi connectivity index (χ0) is 24.9. The molecule has 0 radical (unpaired) electrons. The first-order valence-electron chi connectivity index (χ1n) is 10.9. The van der Waals surface area contributed by atoms with Crippen molar-refractivity contribution in [2.75, 3.05) is 11.9 Å². The van der Waals surface area contributed by atoms with Gasteiger partial charge in [0, 0.05) is 12.2 Å². The number of hydrogen-bond acceptors (Lipinski definition) is 6. The number of anilines is 1. The van der Waals surface area contributed by atoms with Gasteiger partial charge in [-0.25, -0.2) is 4.79 Å². The predicted molar refractivity (Wildman–Crippen MR) is 127 cm³/mol. The Hall–Kier alpha value is -4.77. The van der Waals surface area contributed by atoms with Crippen LogP contribution in [-0.4, -0.2) is 41.2 Å². The Kier molecular flexibility index (Phi) is 6.69. The Bertz CT molecular complexity index is 1340. The van der Waals surface area contributed by atoms with E-state index >= 15 is 0 Å². The van der Waals surface area contributed by atoms with Gasteiger partial charge >= 0.3 is 5.97 Å². The van der Waals surface area contributed by atoms with E-state index < -0.39 is 29.8 Å². The van der Waals surface area contributed by atoms with Crippen LogP contribution in [0.1, 0.15) is 49.1 Å². The summed E-state index contributed by atoms with van der Waals surface area (Å²) in [6, 6.07) is 21.9. The Morgan fingerprint density at radius 2 is 1.66 bits per heavy atom. The number of rotatable bonds is 7. The molecule has 0 fully saturated rings. The van der Waals surface area contributed by atoms with Crippen LogP contribution in [0.2, 0.25) is 0 Å². The third kappa shape index (κ3) is 5.09. The average molecular weight is 467 g/mol. The van der Waals surface area contributed by atoms with Crippen molar-refractivity contribution in [3.05, 3.63) is 101 Å². The standard InChI is InChI=1S/C27H21N3O5/c1-17(24(31)29-21-10-7-19(16-28)8-11-21)35-27(34)20-9-12-22-23(15-20)26(33)30(25(22)32)14-13-18-5-3-2-4-6-18/h2-12,15,17H,13-14H2,1H3,(H,29,31)/t17-/m0/s1. The number of amides is 3. The minimum atomic E-state index is -1.12. The monoisotopic (exact) mass is 467 g/mol. The fraction of sp³-hybridized carbons (Fsp3) is 0.148. The van der Waals surface area contributed by atoms with Gasteiger partial charge in [0.15, 0.2) is 6.10 Å². The van der Waals surface area contributed by atoms with Crippen LogP contribution < -0.4 is 5.32 Å². The Morgan fingerprint density at radius 3 is 2.34 bits per heavy atom. The van der Waals surface area contributed by atoms with Crippen LogP contribution in [0, 0.1) is 11.3 Å². The molecule has 0 aliphatic carbocycles. The summed E-state index contributed by atoms with van der Waals surface area (Å²) < 4.78 is 5.26. The maximum Gasteiger partial charge on any atom is 0.338 e. The van der Waals surface area contributed by atoms with Gasteiger partial charge in [0.2, 0.25) is 0 Å². The van der Waals surface area contributed by atoms with Gasteiger partial charge < -0.3 is 10.1 Å². The number of nitrogens with zero attached hydrogens (tertiary/aromatic N) is 2. The van der Waals surface area contributed by atoms with Crippen LogP contribution >= 0.6 is 0 Å². The molecule has 0 saturated heterocycles. The van der Waals surface area contributed by atoms with Gasteiger partial charge in [0.25, 0.3) is 17.7 Å². The fourth-order valence-corrected chi connectivity index (χ4v) is 3.66. The van der Waals surface area contributed by atoms with Crippen LogP contribution in [0.25, 0.3) is 0 Å². The second kappa shape index (κ2) is 10.0. The van der Waals surface area contributed by atoms with Crippen LogP contribution in [0.4, 0.5) is 5.69 Å².